The molecule has 1 aliphatic heterocycles. The fourth-order valence-corrected chi connectivity index (χ4v) is 5.69. The van der Waals surface area contributed by atoms with E-state index >= 15 is 0 Å². The summed E-state index contributed by atoms with van der Waals surface area (Å²) in [7, 11) is 2.16. The molecule has 43 heavy (non-hydrogen) atoms. The van der Waals surface area contributed by atoms with E-state index in [0.717, 1.165) is 70.7 Å². The van der Waals surface area contributed by atoms with Gasteiger partial charge in [0.1, 0.15) is 5.01 Å². The molecule has 0 aliphatic carbocycles. The Morgan fingerprint density at radius 2 is 1.70 bits per heavy atom. The van der Waals surface area contributed by atoms with Gasteiger partial charge in [-0.25, -0.2) is 15.0 Å². The number of carbonyl (C=O) groups is 1. The summed E-state index contributed by atoms with van der Waals surface area (Å²) in [5.74, 6) is 0.303. The molecular weight excluding hydrogens is 556 g/mol. The van der Waals surface area contributed by atoms with Crippen LogP contribution in [0.15, 0.2) is 79.4 Å². The van der Waals surface area contributed by atoms with E-state index in [4.69, 9.17) is 4.98 Å². The number of nitrogens with one attached hydrogen (secondary N) is 2. The Morgan fingerprint density at radius 3 is 2.47 bits per heavy atom. The Morgan fingerprint density at radius 1 is 0.907 bits per heavy atom. The van der Waals surface area contributed by atoms with Crippen LogP contribution in [0.3, 0.4) is 0 Å². The van der Waals surface area contributed by atoms with Gasteiger partial charge in [-0.15, -0.1) is 11.3 Å². The quantitative estimate of drug-likeness (QED) is 0.226. The van der Waals surface area contributed by atoms with Crippen molar-refractivity contribution in [1.82, 2.24) is 29.7 Å². The number of nitrogens with zero attached hydrogens (tertiary/aromatic N) is 6. The van der Waals surface area contributed by atoms with Crippen molar-refractivity contribution in [2.45, 2.75) is 20.4 Å². The van der Waals surface area contributed by atoms with Gasteiger partial charge in [0, 0.05) is 90.5 Å². The molecule has 1 aliphatic rings. The predicted octanol–water partition coefficient (Wildman–Crippen LogP) is 6.02. The number of aromatic nitrogens is 4. The number of amides is 1. The second-order valence-electron chi connectivity index (χ2n) is 10.9. The molecule has 0 saturated carbocycles. The normalized spacial score (nSPS) is 14.0. The zero-order chi connectivity index (χ0) is 29.8. The fourth-order valence-electron chi connectivity index (χ4n) is 4.95. The molecule has 9 nitrogen and oxygen atoms in total. The maximum Gasteiger partial charge on any atom is 0.255 e. The third-order valence-corrected chi connectivity index (χ3v) is 8.48. The van der Waals surface area contributed by atoms with Crippen molar-refractivity contribution in [2.75, 3.05) is 43.9 Å². The number of hydrogen-bond donors (Lipinski definition) is 2. The summed E-state index contributed by atoms with van der Waals surface area (Å²) in [5.41, 5.74) is 6.91. The lowest BCUT2D eigenvalue weighted by Crippen LogP contribution is -2.43. The highest BCUT2D eigenvalue weighted by molar-refractivity contribution is 7.14. The third kappa shape index (κ3) is 7.11. The summed E-state index contributed by atoms with van der Waals surface area (Å²) in [6.45, 7) is 9.25. The van der Waals surface area contributed by atoms with Crippen molar-refractivity contribution in [3.8, 4) is 21.8 Å². The number of hydrogen-bond acceptors (Lipinski definition) is 9. The molecule has 0 unspecified atom stereocenters. The zero-order valence-corrected chi connectivity index (χ0v) is 25.4. The van der Waals surface area contributed by atoms with Gasteiger partial charge in [-0.05, 0) is 68.4 Å². The number of aryl methyl sites for hydroxylation is 2. The molecule has 2 N–H and O–H groups in total. The Balaban J connectivity index is 1.12. The van der Waals surface area contributed by atoms with Crippen molar-refractivity contribution < 1.29 is 4.79 Å². The minimum atomic E-state index is -0.151. The van der Waals surface area contributed by atoms with Gasteiger partial charge in [-0.1, -0.05) is 18.2 Å². The number of likely N-dealkylation sites (N-methyl/N-ethyl adjacent to an activating group) is 1. The number of pyridine rings is 1. The van der Waals surface area contributed by atoms with Crippen LogP contribution in [0.2, 0.25) is 0 Å². The fraction of sp³-hybridized carbons (Fsp3) is 0.242. The highest BCUT2D eigenvalue weighted by atomic mass is 32.1. The molecule has 1 fully saturated rings. The predicted molar refractivity (Wildman–Crippen MR) is 173 cm³/mol. The van der Waals surface area contributed by atoms with Crippen LogP contribution in [0.5, 0.6) is 0 Å². The van der Waals surface area contributed by atoms with Crippen LogP contribution in [-0.2, 0) is 6.54 Å². The molecule has 4 heterocycles. The maximum absolute atomic E-state index is 13.1. The van der Waals surface area contributed by atoms with E-state index in [2.05, 4.69) is 42.4 Å². The van der Waals surface area contributed by atoms with Crippen molar-refractivity contribution in [3.05, 3.63) is 101 Å². The standard InChI is InChI=1S/C33H34N8OS/c1-22-4-9-28(37-31(42)25-7-5-24(6-8-25)21-41-14-12-40(3)13-15-41)17-30(22)39-33-35-11-10-29(38-33)26-16-27(20-34-19-26)32-36-18-23(2)43-32/h4-11,16-20H,12-15,21H2,1-3H3,(H,37,42)(H,35,38,39). The van der Waals surface area contributed by atoms with Gasteiger partial charge in [-0.2, -0.15) is 0 Å². The van der Waals surface area contributed by atoms with E-state index in [-0.39, 0.29) is 5.91 Å². The van der Waals surface area contributed by atoms with Gasteiger partial charge >= 0.3 is 0 Å². The van der Waals surface area contributed by atoms with Crippen LogP contribution in [-0.4, -0.2) is 68.9 Å². The lowest BCUT2D eigenvalue weighted by Gasteiger charge is -2.32. The van der Waals surface area contributed by atoms with E-state index < -0.39 is 0 Å². The first-order chi connectivity index (χ1) is 20.9. The molecule has 0 bridgehead atoms. The third-order valence-electron chi connectivity index (χ3n) is 7.52. The molecule has 1 amide bonds. The zero-order valence-electron chi connectivity index (χ0n) is 24.5. The molecule has 6 rings (SSSR count). The van der Waals surface area contributed by atoms with E-state index in [0.29, 0.717) is 17.2 Å². The van der Waals surface area contributed by atoms with E-state index in [1.54, 1.807) is 23.7 Å². The average molecular weight is 591 g/mol. The van der Waals surface area contributed by atoms with Gasteiger partial charge in [0.25, 0.3) is 5.91 Å². The van der Waals surface area contributed by atoms with Crippen LogP contribution in [0.4, 0.5) is 17.3 Å². The van der Waals surface area contributed by atoms with Crippen LogP contribution in [0.25, 0.3) is 21.8 Å². The number of benzene rings is 2. The first-order valence-corrected chi connectivity index (χ1v) is 15.1. The van der Waals surface area contributed by atoms with Crippen molar-refractivity contribution in [2.24, 2.45) is 0 Å². The minimum Gasteiger partial charge on any atom is -0.324 e. The topological polar surface area (TPSA) is 99.2 Å². The second-order valence-corrected chi connectivity index (χ2v) is 12.1. The Hall–Kier alpha value is -4.51. The first-order valence-electron chi connectivity index (χ1n) is 14.3. The van der Waals surface area contributed by atoms with Gasteiger partial charge < -0.3 is 15.5 Å². The summed E-state index contributed by atoms with van der Waals surface area (Å²) in [6.07, 6.45) is 7.19. The van der Waals surface area contributed by atoms with E-state index in [1.165, 1.54) is 5.56 Å². The first kappa shape index (κ1) is 28.6. The number of piperazine rings is 1. The van der Waals surface area contributed by atoms with Gasteiger partial charge in [0.05, 0.1) is 5.69 Å². The molecule has 0 radical (unpaired) electrons. The van der Waals surface area contributed by atoms with Gasteiger partial charge in [0.2, 0.25) is 5.95 Å². The summed E-state index contributed by atoms with van der Waals surface area (Å²) in [6, 6.07) is 17.5. The van der Waals surface area contributed by atoms with Crippen LogP contribution in [0, 0.1) is 13.8 Å². The Kier molecular flexibility index (Phi) is 8.50. The van der Waals surface area contributed by atoms with Crippen LogP contribution < -0.4 is 10.6 Å². The lowest BCUT2D eigenvalue weighted by molar-refractivity contribution is 0.102. The van der Waals surface area contributed by atoms with Crippen LogP contribution >= 0.6 is 11.3 Å². The molecule has 2 aromatic carbocycles. The summed E-state index contributed by atoms with van der Waals surface area (Å²) < 4.78 is 0. The SMILES string of the molecule is Cc1cnc(-c2cncc(-c3ccnc(Nc4cc(NC(=O)c5ccc(CN6CCN(C)CC6)cc5)ccc4C)n3)c2)s1. The summed E-state index contributed by atoms with van der Waals surface area (Å²) in [5, 5.41) is 7.28. The number of anilines is 3. The number of thiazole rings is 1. The second kappa shape index (κ2) is 12.8. The van der Waals surface area contributed by atoms with Crippen LogP contribution in [0.1, 0.15) is 26.4 Å². The molecule has 10 heteroatoms. The average Bonchev–Trinajstić information content (AvgIpc) is 3.47. The molecule has 3 aromatic heterocycles. The summed E-state index contributed by atoms with van der Waals surface area (Å²) >= 11 is 1.63. The Bertz CT molecular complexity index is 1730. The smallest absolute Gasteiger partial charge is 0.255 e. The highest BCUT2D eigenvalue weighted by Gasteiger charge is 2.15. The van der Waals surface area contributed by atoms with Crippen molar-refractivity contribution >= 4 is 34.6 Å². The lowest BCUT2D eigenvalue weighted by atomic mass is 10.1. The van der Waals surface area contributed by atoms with E-state index in [9.17, 15) is 4.79 Å². The molecule has 5 aromatic rings. The monoisotopic (exact) mass is 590 g/mol. The molecule has 0 spiro atoms. The summed E-state index contributed by atoms with van der Waals surface area (Å²) in [4.78, 5) is 37.1. The molecule has 0 atom stereocenters. The number of rotatable bonds is 8. The van der Waals surface area contributed by atoms with Crippen molar-refractivity contribution in [3.63, 3.8) is 0 Å². The largest absolute Gasteiger partial charge is 0.324 e. The highest BCUT2D eigenvalue weighted by Crippen LogP contribution is 2.29. The van der Waals surface area contributed by atoms with Gasteiger partial charge in [-0.3, -0.25) is 14.7 Å². The Labute approximate surface area is 255 Å². The van der Waals surface area contributed by atoms with Crippen molar-refractivity contribution in [1.29, 1.82) is 0 Å². The minimum absolute atomic E-state index is 0.151. The molecule has 1 saturated heterocycles. The van der Waals surface area contributed by atoms with E-state index in [1.807, 2.05) is 80.8 Å². The number of carbonyl (C=O) groups excluding carboxylic acids is 1. The molecular formula is C33H34N8OS. The maximum atomic E-state index is 13.1. The molecule has 218 valence electrons. The van der Waals surface area contributed by atoms with Gasteiger partial charge in [0.15, 0.2) is 0 Å².